The molecule has 3 nitrogen and oxygen atoms in total. The molecule has 0 aliphatic heterocycles. The summed E-state index contributed by atoms with van der Waals surface area (Å²) in [6.45, 7) is 4.09. The number of nitro benzene ring substituents is 1. The summed E-state index contributed by atoms with van der Waals surface area (Å²) in [4.78, 5) is 10.7. The molecule has 0 bridgehead atoms. The Morgan fingerprint density at radius 1 is 1.12 bits per heavy atom. The molecule has 0 aliphatic rings. The summed E-state index contributed by atoms with van der Waals surface area (Å²) in [5.74, 6) is 0.282. The quantitative estimate of drug-likeness (QED) is 0.563. The molecule has 0 N–H and O–H groups in total. The standard InChI is InChI=1S/C13H13NO2/c1-9(2)11-7-3-5-10-6-4-8-12(13(10)11)14(15)16/h3-9H,1-2H3. The van der Waals surface area contributed by atoms with Gasteiger partial charge in [0.05, 0.1) is 10.3 Å². The Kier molecular flexibility index (Phi) is 2.60. The molecule has 0 heterocycles. The van der Waals surface area contributed by atoms with Gasteiger partial charge in [0.15, 0.2) is 0 Å². The molecule has 2 aromatic carbocycles. The molecule has 2 rings (SSSR count). The molecule has 82 valence electrons. The highest BCUT2D eigenvalue weighted by atomic mass is 16.6. The van der Waals surface area contributed by atoms with E-state index in [4.69, 9.17) is 0 Å². The second-order valence-electron chi connectivity index (χ2n) is 4.13. The van der Waals surface area contributed by atoms with Crippen molar-refractivity contribution >= 4 is 16.5 Å². The lowest BCUT2D eigenvalue weighted by atomic mass is 9.95. The van der Waals surface area contributed by atoms with Gasteiger partial charge in [0, 0.05) is 6.07 Å². The Hall–Kier alpha value is -1.90. The molecule has 0 unspecified atom stereocenters. The summed E-state index contributed by atoms with van der Waals surface area (Å²) >= 11 is 0. The van der Waals surface area contributed by atoms with Crippen LogP contribution in [0.4, 0.5) is 5.69 Å². The first-order valence-corrected chi connectivity index (χ1v) is 5.27. The van der Waals surface area contributed by atoms with E-state index >= 15 is 0 Å². The topological polar surface area (TPSA) is 43.1 Å². The van der Waals surface area contributed by atoms with Crippen molar-refractivity contribution < 1.29 is 4.92 Å². The van der Waals surface area contributed by atoms with Gasteiger partial charge < -0.3 is 0 Å². The summed E-state index contributed by atoms with van der Waals surface area (Å²) in [5, 5.41) is 12.7. The normalized spacial score (nSPS) is 10.9. The zero-order valence-electron chi connectivity index (χ0n) is 9.31. The minimum Gasteiger partial charge on any atom is -0.258 e. The van der Waals surface area contributed by atoms with Gasteiger partial charge in [-0.1, -0.05) is 44.2 Å². The van der Waals surface area contributed by atoms with Crippen LogP contribution in [-0.2, 0) is 0 Å². The first-order valence-electron chi connectivity index (χ1n) is 5.27. The van der Waals surface area contributed by atoms with Crippen molar-refractivity contribution in [2.45, 2.75) is 19.8 Å². The SMILES string of the molecule is CC(C)c1cccc2cccc([N+](=O)[O-])c12. The van der Waals surface area contributed by atoms with Crippen molar-refractivity contribution in [3.63, 3.8) is 0 Å². The minimum atomic E-state index is -0.311. The van der Waals surface area contributed by atoms with Gasteiger partial charge >= 0.3 is 0 Å². The van der Waals surface area contributed by atoms with Crippen molar-refractivity contribution in [3.8, 4) is 0 Å². The second kappa shape index (κ2) is 3.93. The van der Waals surface area contributed by atoms with Gasteiger partial charge in [0.2, 0.25) is 0 Å². The number of non-ortho nitro benzene ring substituents is 1. The van der Waals surface area contributed by atoms with E-state index in [9.17, 15) is 10.1 Å². The molecule has 0 aliphatic carbocycles. The van der Waals surface area contributed by atoms with Gasteiger partial charge in [-0.2, -0.15) is 0 Å². The molecule has 0 spiro atoms. The lowest BCUT2D eigenvalue weighted by Crippen LogP contribution is -1.95. The van der Waals surface area contributed by atoms with Crippen LogP contribution in [-0.4, -0.2) is 4.92 Å². The summed E-state index contributed by atoms with van der Waals surface area (Å²) in [5.41, 5.74) is 1.23. The molecule has 0 atom stereocenters. The van der Waals surface area contributed by atoms with Crippen molar-refractivity contribution in [2.75, 3.05) is 0 Å². The molecule has 3 heteroatoms. The van der Waals surface area contributed by atoms with Crippen LogP contribution >= 0.6 is 0 Å². The minimum absolute atomic E-state index is 0.196. The van der Waals surface area contributed by atoms with Crippen molar-refractivity contribution in [3.05, 3.63) is 52.1 Å². The first-order chi connectivity index (χ1) is 7.61. The molecule has 0 saturated heterocycles. The monoisotopic (exact) mass is 215 g/mol. The molecule has 0 aromatic heterocycles. The average Bonchev–Trinajstić information content (AvgIpc) is 2.27. The third kappa shape index (κ3) is 1.65. The van der Waals surface area contributed by atoms with E-state index in [0.29, 0.717) is 0 Å². The van der Waals surface area contributed by atoms with Crippen molar-refractivity contribution in [1.29, 1.82) is 0 Å². The smallest absolute Gasteiger partial charge is 0.258 e. The van der Waals surface area contributed by atoms with Crippen molar-refractivity contribution in [1.82, 2.24) is 0 Å². The number of hydrogen-bond acceptors (Lipinski definition) is 2. The van der Waals surface area contributed by atoms with Crippen LogP contribution in [0.25, 0.3) is 10.8 Å². The Morgan fingerprint density at radius 3 is 2.31 bits per heavy atom. The van der Waals surface area contributed by atoms with Crippen LogP contribution in [0.15, 0.2) is 36.4 Å². The summed E-state index contributed by atoms with van der Waals surface area (Å²) < 4.78 is 0. The Morgan fingerprint density at radius 2 is 1.75 bits per heavy atom. The highest BCUT2D eigenvalue weighted by Crippen LogP contribution is 2.32. The molecule has 0 fully saturated rings. The van der Waals surface area contributed by atoms with E-state index in [1.807, 2.05) is 38.1 Å². The molecular weight excluding hydrogens is 202 g/mol. The van der Waals surface area contributed by atoms with Crippen molar-refractivity contribution in [2.24, 2.45) is 0 Å². The number of nitrogens with zero attached hydrogens (tertiary/aromatic N) is 1. The fourth-order valence-electron chi connectivity index (χ4n) is 1.98. The molecular formula is C13H13NO2. The Bertz CT molecular complexity index is 541. The van der Waals surface area contributed by atoms with Crippen LogP contribution in [0, 0.1) is 10.1 Å². The molecule has 0 saturated carbocycles. The highest BCUT2D eigenvalue weighted by Gasteiger charge is 2.15. The molecule has 0 radical (unpaired) electrons. The predicted octanol–water partition coefficient (Wildman–Crippen LogP) is 3.87. The van der Waals surface area contributed by atoms with Crippen LogP contribution in [0.1, 0.15) is 25.3 Å². The summed E-state index contributed by atoms with van der Waals surface area (Å²) in [7, 11) is 0. The third-order valence-electron chi connectivity index (χ3n) is 2.73. The maximum atomic E-state index is 11.0. The van der Waals surface area contributed by atoms with Crippen LogP contribution in [0.2, 0.25) is 0 Å². The van der Waals surface area contributed by atoms with Crippen LogP contribution < -0.4 is 0 Å². The average molecular weight is 215 g/mol. The van der Waals surface area contributed by atoms with Crippen LogP contribution in [0.5, 0.6) is 0 Å². The second-order valence-corrected chi connectivity index (χ2v) is 4.13. The third-order valence-corrected chi connectivity index (χ3v) is 2.73. The highest BCUT2D eigenvalue weighted by molar-refractivity contribution is 5.94. The molecule has 2 aromatic rings. The summed E-state index contributed by atoms with van der Waals surface area (Å²) in [6, 6.07) is 11.0. The van der Waals surface area contributed by atoms with Gasteiger partial charge in [-0.25, -0.2) is 0 Å². The van der Waals surface area contributed by atoms with Gasteiger partial charge in [-0.05, 0) is 16.9 Å². The largest absolute Gasteiger partial charge is 0.277 e. The molecule has 0 amide bonds. The Labute approximate surface area is 93.9 Å². The first kappa shape index (κ1) is 10.6. The fraction of sp³-hybridized carbons (Fsp3) is 0.231. The van der Waals surface area contributed by atoms with E-state index < -0.39 is 0 Å². The maximum Gasteiger partial charge on any atom is 0.277 e. The van der Waals surface area contributed by atoms with E-state index in [-0.39, 0.29) is 16.5 Å². The fourth-order valence-corrected chi connectivity index (χ4v) is 1.98. The number of fused-ring (bicyclic) bond motifs is 1. The van der Waals surface area contributed by atoms with E-state index in [1.165, 1.54) is 0 Å². The predicted molar refractivity (Wildman–Crippen MR) is 64.7 cm³/mol. The number of rotatable bonds is 2. The maximum absolute atomic E-state index is 11.0. The zero-order valence-corrected chi connectivity index (χ0v) is 9.31. The van der Waals surface area contributed by atoms with Gasteiger partial charge in [-0.3, -0.25) is 10.1 Å². The van der Waals surface area contributed by atoms with E-state index in [0.717, 1.165) is 16.3 Å². The Balaban J connectivity index is 2.87. The number of benzene rings is 2. The number of hydrogen-bond donors (Lipinski definition) is 0. The van der Waals surface area contributed by atoms with Gasteiger partial charge in [0.1, 0.15) is 0 Å². The summed E-state index contributed by atoms with van der Waals surface area (Å²) in [6.07, 6.45) is 0. The van der Waals surface area contributed by atoms with E-state index in [2.05, 4.69) is 0 Å². The van der Waals surface area contributed by atoms with E-state index in [1.54, 1.807) is 12.1 Å². The number of nitro groups is 1. The molecule has 16 heavy (non-hydrogen) atoms. The van der Waals surface area contributed by atoms with Gasteiger partial charge in [-0.15, -0.1) is 0 Å². The van der Waals surface area contributed by atoms with Crippen LogP contribution in [0.3, 0.4) is 0 Å². The zero-order chi connectivity index (χ0) is 11.7. The lowest BCUT2D eigenvalue weighted by Gasteiger charge is -2.09. The lowest BCUT2D eigenvalue weighted by molar-refractivity contribution is -0.383. The van der Waals surface area contributed by atoms with Gasteiger partial charge in [0.25, 0.3) is 5.69 Å².